The van der Waals surface area contributed by atoms with Gasteiger partial charge in [0.05, 0.1) is 0 Å². The van der Waals surface area contributed by atoms with E-state index in [0.29, 0.717) is 12.3 Å². The van der Waals surface area contributed by atoms with Crippen molar-refractivity contribution in [1.29, 1.82) is 0 Å². The lowest BCUT2D eigenvalue weighted by molar-refractivity contribution is -0.129. The largest absolute Gasteiger partial charge is 0.349 e. The predicted molar refractivity (Wildman–Crippen MR) is 82.9 cm³/mol. The summed E-state index contributed by atoms with van der Waals surface area (Å²) in [5.41, 5.74) is 0. The van der Waals surface area contributed by atoms with E-state index in [0.717, 1.165) is 45.2 Å². The summed E-state index contributed by atoms with van der Waals surface area (Å²) in [5.74, 6) is 0.601. The SMILES string of the molecule is CN(C)C(=O)CC1CCN(C(=O)NC2C=CCCC2)CC1. The number of hydrogen-bond acceptors (Lipinski definition) is 2. The maximum atomic E-state index is 12.2. The number of carbonyl (C=O) groups excluding carboxylic acids is 2. The second-order valence-electron chi connectivity index (χ2n) is 6.34. The molecule has 0 radical (unpaired) electrons. The van der Waals surface area contributed by atoms with E-state index in [-0.39, 0.29) is 18.0 Å². The number of rotatable bonds is 3. The first-order valence-corrected chi connectivity index (χ1v) is 7.98. The van der Waals surface area contributed by atoms with Crippen molar-refractivity contribution in [3.05, 3.63) is 12.2 Å². The second kappa shape index (κ2) is 7.48. The minimum atomic E-state index is 0.0453. The molecule has 0 bridgehead atoms. The lowest BCUT2D eigenvalue weighted by Gasteiger charge is -2.33. The Morgan fingerprint density at radius 3 is 2.52 bits per heavy atom. The minimum Gasteiger partial charge on any atom is -0.349 e. The molecule has 0 aromatic heterocycles. The molecule has 1 aliphatic carbocycles. The maximum Gasteiger partial charge on any atom is 0.317 e. The average molecular weight is 293 g/mol. The quantitative estimate of drug-likeness (QED) is 0.809. The van der Waals surface area contributed by atoms with Gasteiger partial charge in [-0.25, -0.2) is 4.79 Å². The summed E-state index contributed by atoms with van der Waals surface area (Å²) < 4.78 is 0. The van der Waals surface area contributed by atoms with Crippen LogP contribution in [0.1, 0.15) is 38.5 Å². The van der Waals surface area contributed by atoms with Gasteiger partial charge < -0.3 is 15.1 Å². The molecule has 2 rings (SSSR count). The number of hydrogen-bond donors (Lipinski definition) is 1. The normalized spacial score (nSPS) is 23.0. The Bertz CT molecular complexity index is 398. The fourth-order valence-electron chi connectivity index (χ4n) is 2.95. The van der Waals surface area contributed by atoms with E-state index in [4.69, 9.17) is 0 Å². The summed E-state index contributed by atoms with van der Waals surface area (Å²) in [6, 6.07) is 0.239. The van der Waals surface area contributed by atoms with Gasteiger partial charge in [0.2, 0.25) is 5.91 Å². The highest BCUT2D eigenvalue weighted by Crippen LogP contribution is 2.21. The minimum absolute atomic E-state index is 0.0453. The molecular formula is C16H27N3O2. The smallest absolute Gasteiger partial charge is 0.317 e. The van der Waals surface area contributed by atoms with Crippen molar-refractivity contribution in [2.45, 2.75) is 44.6 Å². The van der Waals surface area contributed by atoms with Gasteiger partial charge in [-0.2, -0.15) is 0 Å². The Labute approximate surface area is 127 Å². The fourth-order valence-corrected chi connectivity index (χ4v) is 2.95. The Morgan fingerprint density at radius 1 is 1.24 bits per heavy atom. The first-order valence-electron chi connectivity index (χ1n) is 7.98. The van der Waals surface area contributed by atoms with Crippen molar-refractivity contribution in [3.63, 3.8) is 0 Å². The molecule has 2 aliphatic rings. The Hall–Kier alpha value is -1.52. The molecule has 5 nitrogen and oxygen atoms in total. The monoisotopic (exact) mass is 293 g/mol. The van der Waals surface area contributed by atoms with Crippen LogP contribution in [0.4, 0.5) is 4.79 Å². The molecule has 0 spiro atoms. The maximum absolute atomic E-state index is 12.2. The van der Waals surface area contributed by atoms with Crippen LogP contribution >= 0.6 is 0 Å². The van der Waals surface area contributed by atoms with Gasteiger partial charge in [0, 0.05) is 39.6 Å². The molecule has 118 valence electrons. The van der Waals surface area contributed by atoms with Crippen molar-refractivity contribution < 1.29 is 9.59 Å². The van der Waals surface area contributed by atoms with Gasteiger partial charge in [0.15, 0.2) is 0 Å². The summed E-state index contributed by atoms with van der Waals surface area (Å²) in [6.07, 6.45) is 10.0. The van der Waals surface area contributed by atoms with Crippen molar-refractivity contribution in [1.82, 2.24) is 15.1 Å². The summed E-state index contributed by atoms with van der Waals surface area (Å²) in [6.45, 7) is 1.52. The standard InChI is InChI=1S/C16H27N3O2/c1-18(2)15(20)12-13-8-10-19(11-9-13)16(21)17-14-6-4-3-5-7-14/h4,6,13-14H,3,5,7-12H2,1-2H3,(H,17,21). The number of likely N-dealkylation sites (tertiary alicyclic amines) is 1. The van der Waals surface area contributed by atoms with Crippen LogP contribution in [-0.2, 0) is 4.79 Å². The van der Waals surface area contributed by atoms with Crippen LogP contribution in [0.2, 0.25) is 0 Å². The number of carbonyl (C=O) groups is 2. The Kier molecular flexibility index (Phi) is 5.65. The molecule has 1 unspecified atom stereocenters. The molecule has 3 amide bonds. The molecule has 0 saturated carbocycles. The van der Waals surface area contributed by atoms with Crippen molar-refractivity contribution in [2.24, 2.45) is 5.92 Å². The van der Waals surface area contributed by atoms with Gasteiger partial charge in [-0.1, -0.05) is 12.2 Å². The van der Waals surface area contributed by atoms with Crippen molar-refractivity contribution >= 4 is 11.9 Å². The van der Waals surface area contributed by atoms with E-state index in [9.17, 15) is 9.59 Å². The van der Waals surface area contributed by atoms with Crippen LogP contribution in [0, 0.1) is 5.92 Å². The summed E-state index contributed by atoms with van der Waals surface area (Å²) >= 11 is 0. The highest BCUT2D eigenvalue weighted by molar-refractivity contribution is 5.76. The van der Waals surface area contributed by atoms with E-state index in [1.165, 1.54) is 0 Å². The van der Waals surface area contributed by atoms with Crippen LogP contribution < -0.4 is 5.32 Å². The average Bonchev–Trinajstić information content (AvgIpc) is 2.48. The lowest BCUT2D eigenvalue weighted by Crippen LogP contribution is -2.48. The Morgan fingerprint density at radius 2 is 1.95 bits per heavy atom. The number of allylic oxidation sites excluding steroid dienone is 1. The van der Waals surface area contributed by atoms with Crippen LogP contribution in [0.5, 0.6) is 0 Å². The van der Waals surface area contributed by atoms with Crippen LogP contribution in [-0.4, -0.2) is 55.0 Å². The van der Waals surface area contributed by atoms with E-state index in [1.54, 1.807) is 19.0 Å². The molecule has 1 heterocycles. The van der Waals surface area contributed by atoms with E-state index in [2.05, 4.69) is 17.5 Å². The third kappa shape index (κ3) is 4.76. The second-order valence-corrected chi connectivity index (χ2v) is 6.34. The van der Waals surface area contributed by atoms with E-state index >= 15 is 0 Å². The molecule has 21 heavy (non-hydrogen) atoms. The van der Waals surface area contributed by atoms with Crippen LogP contribution in [0.3, 0.4) is 0 Å². The number of piperidine rings is 1. The first kappa shape index (κ1) is 15.9. The zero-order chi connectivity index (χ0) is 15.2. The third-order valence-electron chi connectivity index (χ3n) is 4.43. The highest BCUT2D eigenvalue weighted by atomic mass is 16.2. The number of urea groups is 1. The molecule has 0 aromatic rings. The topological polar surface area (TPSA) is 52.7 Å². The summed E-state index contributed by atoms with van der Waals surface area (Å²) in [7, 11) is 3.59. The molecular weight excluding hydrogens is 266 g/mol. The molecule has 0 aromatic carbocycles. The molecule has 1 N–H and O–H groups in total. The highest BCUT2D eigenvalue weighted by Gasteiger charge is 2.25. The first-order chi connectivity index (χ1) is 10.1. The predicted octanol–water partition coefficient (Wildman–Crippen LogP) is 1.99. The lowest BCUT2D eigenvalue weighted by atomic mass is 9.93. The molecule has 1 saturated heterocycles. The van der Waals surface area contributed by atoms with E-state index in [1.807, 2.05) is 4.90 Å². The zero-order valence-corrected chi connectivity index (χ0v) is 13.2. The van der Waals surface area contributed by atoms with Gasteiger partial charge in [0.1, 0.15) is 0 Å². The number of amides is 3. The van der Waals surface area contributed by atoms with Crippen LogP contribution in [0.25, 0.3) is 0 Å². The van der Waals surface area contributed by atoms with Gasteiger partial charge >= 0.3 is 6.03 Å². The third-order valence-corrected chi connectivity index (χ3v) is 4.43. The molecule has 1 fully saturated rings. The summed E-state index contributed by atoms with van der Waals surface area (Å²) in [5, 5.41) is 3.09. The summed E-state index contributed by atoms with van der Waals surface area (Å²) in [4.78, 5) is 27.5. The van der Waals surface area contributed by atoms with Crippen molar-refractivity contribution in [3.8, 4) is 0 Å². The number of nitrogens with one attached hydrogen (secondary N) is 1. The van der Waals surface area contributed by atoms with Crippen LogP contribution in [0.15, 0.2) is 12.2 Å². The van der Waals surface area contributed by atoms with Gasteiger partial charge in [0.25, 0.3) is 0 Å². The zero-order valence-electron chi connectivity index (χ0n) is 13.2. The van der Waals surface area contributed by atoms with Crippen molar-refractivity contribution in [2.75, 3.05) is 27.2 Å². The fraction of sp³-hybridized carbons (Fsp3) is 0.750. The molecule has 5 heteroatoms. The molecule has 1 aliphatic heterocycles. The van der Waals surface area contributed by atoms with Gasteiger partial charge in [-0.05, 0) is 38.0 Å². The number of nitrogens with zero attached hydrogens (tertiary/aromatic N) is 2. The molecule has 1 atom stereocenters. The van der Waals surface area contributed by atoms with Gasteiger partial charge in [-0.15, -0.1) is 0 Å². The van der Waals surface area contributed by atoms with E-state index < -0.39 is 0 Å². The Balaban J connectivity index is 1.72. The van der Waals surface area contributed by atoms with Gasteiger partial charge in [-0.3, -0.25) is 4.79 Å².